The normalized spacial score (nSPS) is 14.5. The monoisotopic (exact) mass is 469 g/mol. The molecule has 0 bridgehead atoms. The van der Waals surface area contributed by atoms with Crippen LogP contribution in [0.1, 0.15) is 11.3 Å². The van der Waals surface area contributed by atoms with Crippen molar-refractivity contribution in [2.45, 2.75) is 6.54 Å². The van der Waals surface area contributed by atoms with Gasteiger partial charge < -0.3 is 9.72 Å². The Labute approximate surface area is 200 Å². The summed E-state index contributed by atoms with van der Waals surface area (Å²) in [7, 11) is 0. The van der Waals surface area contributed by atoms with E-state index in [0.29, 0.717) is 31.0 Å². The van der Waals surface area contributed by atoms with Crippen molar-refractivity contribution >= 4 is 16.6 Å². The first-order valence-electron chi connectivity index (χ1n) is 11.4. The molecule has 35 heavy (non-hydrogen) atoms. The van der Waals surface area contributed by atoms with Crippen LogP contribution in [0.3, 0.4) is 0 Å². The first kappa shape index (κ1) is 21.5. The average molecular weight is 469 g/mol. The summed E-state index contributed by atoms with van der Waals surface area (Å²) in [5, 5.41) is 11.1. The molecule has 0 unspecified atom stereocenters. The Balaban J connectivity index is 1.61. The molecule has 4 heterocycles. The van der Waals surface area contributed by atoms with Gasteiger partial charge in [0, 0.05) is 65.7 Å². The second kappa shape index (κ2) is 8.62. The van der Waals surface area contributed by atoms with Crippen LogP contribution in [0.4, 0.5) is 8.78 Å². The van der Waals surface area contributed by atoms with Gasteiger partial charge in [-0.2, -0.15) is 5.26 Å². The Morgan fingerprint density at radius 3 is 2.66 bits per heavy atom. The number of H-pyrrole nitrogens is 1. The van der Waals surface area contributed by atoms with Crippen molar-refractivity contribution in [1.29, 1.82) is 5.26 Å². The molecule has 8 heteroatoms. The van der Waals surface area contributed by atoms with E-state index in [-0.39, 0.29) is 11.1 Å². The van der Waals surface area contributed by atoms with Crippen molar-refractivity contribution < 1.29 is 13.5 Å². The maximum Gasteiger partial charge on any atom is 0.156 e. The van der Waals surface area contributed by atoms with Gasteiger partial charge in [0.1, 0.15) is 23.3 Å². The summed E-state index contributed by atoms with van der Waals surface area (Å²) in [6.45, 7) is 3.57. The standard InChI is InChI=1S/C27H21F2N5O/c28-17-5-6-19(24(29)11-17)21-12-26(23-14-31-25-4-2-1-3-20(23)25)34-16-18(32-27(34)22(21)13-30)15-33-7-9-35-10-8-33/h1-6,11-12,14,16,31H,7-10,15H2. The third kappa shape index (κ3) is 3.75. The van der Waals surface area contributed by atoms with Crippen LogP contribution in [0, 0.1) is 23.0 Å². The zero-order valence-corrected chi connectivity index (χ0v) is 18.8. The number of nitriles is 1. The van der Waals surface area contributed by atoms with Gasteiger partial charge in [-0.1, -0.05) is 18.2 Å². The topological polar surface area (TPSA) is 69.3 Å². The Bertz CT molecular complexity index is 1610. The number of fused-ring (bicyclic) bond motifs is 2. The molecule has 174 valence electrons. The number of ether oxygens (including phenoxy) is 1. The summed E-state index contributed by atoms with van der Waals surface area (Å²) >= 11 is 0. The molecule has 1 saturated heterocycles. The number of nitrogens with one attached hydrogen (secondary N) is 1. The van der Waals surface area contributed by atoms with Crippen LogP contribution in [-0.4, -0.2) is 45.6 Å². The number of benzene rings is 2. The second-order valence-electron chi connectivity index (χ2n) is 8.62. The fraction of sp³-hybridized carbons (Fsp3) is 0.185. The molecule has 0 radical (unpaired) electrons. The summed E-state index contributed by atoms with van der Waals surface area (Å²) < 4.78 is 35.9. The zero-order chi connectivity index (χ0) is 23.9. The number of aromatic amines is 1. The molecular weight excluding hydrogens is 448 g/mol. The minimum absolute atomic E-state index is 0.157. The molecule has 3 aromatic heterocycles. The number of aromatic nitrogens is 3. The number of hydrogen-bond acceptors (Lipinski definition) is 4. The quantitative estimate of drug-likeness (QED) is 0.396. The maximum atomic E-state index is 14.9. The van der Waals surface area contributed by atoms with Crippen molar-refractivity contribution in [1.82, 2.24) is 19.3 Å². The van der Waals surface area contributed by atoms with Gasteiger partial charge in [-0.05, 0) is 24.3 Å². The largest absolute Gasteiger partial charge is 0.379 e. The number of hydrogen-bond donors (Lipinski definition) is 1. The summed E-state index contributed by atoms with van der Waals surface area (Å²) in [5.74, 6) is -1.40. The third-order valence-corrected chi connectivity index (χ3v) is 6.48. The minimum Gasteiger partial charge on any atom is -0.379 e. The summed E-state index contributed by atoms with van der Waals surface area (Å²) in [6, 6.07) is 15.3. The molecule has 1 N–H and O–H groups in total. The van der Waals surface area contributed by atoms with E-state index >= 15 is 0 Å². The van der Waals surface area contributed by atoms with Crippen LogP contribution in [0.25, 0.3) is 38.9 Å². The predicted molar refractivity (Wildman–Crippen MR) is 129 cm³/mol. The summed E-state index contributed by atoms with van der Waals surface area (Å²) in [6.07, 6.45) is 3.84. The van der Waals surface area contributed by atoms with Gasteiger partial charge in [-0.25, -0.2) is 13.8 Å². The Morgan fingerprint density at radius 1 is 1.03 bits per heavy atom. The lowest BCUT2D eigenvalue weighted by atomic mass is 9.98. The lowest BCUT2D eigenvalue weighted by molar-refractivity contribution is 0.0337. The van der Waals surface area contributed by atoms with E-state index in [0.717, 1.165) is 47.0 Å². The molecule has 0 aliphatic carbocycles. The molecule has 6 nitrogen and oxygen atoms in total. The third-order valence-electron chi connectivity index (χ3n) is 6.48. The summed E-state index contributed by atoms with van der Waals surface area (Å²) in [5.41, 5.74) is 4.64. The van der Waals surface area contributed by atoms with E-state index in [2.05, 4.69) is 16.0 Å². The van der Waals surface area contributed by atoms with Crippen molar-refractivity contribution in [3.8, 4) is 28.5 Å². The van der Waals surface area contributed by atoms with E-state index in [4.69, 9.17) is 9.72 Å². The Hall–Kier alpha value is -4.06. The lowest BCUT2D eigenvalue weighted by Gasteiger charge is -2.25. The van der Waals surface area contributed by atoms with Gasteiger partial charge in [-0.3, -0.25) is 9.30 Å². The van der Waals surface area contributed by atoms with Crippen LogP contribution < -0.4 is 0 Å². The summed E-state index contributed by atoms with van der Waals surface area (Å²) in [4.78, 5) is 10.4. The van der Waals surface area contributed by atoms with Crippen molar-refractivity contribution in [2.75, 3.05) is 26.3 Å². The van der Waals surface area contributed by atoms with Crippen LogP contribution in [0.15, 0.2) is 60.9 Å². The number of morpholine rings is 1. The van der Waals surface area contributed by atoms with E-state index in [1.807, 2.05) is 41.1 Å². The molecule has 2 aromatic carbocycles. The maximum absolute atomic E-state index is 14.9. The van der Waals surface area contributed by atoms with E-state index in [1.165, 1.54) is 12.1 Å². The van der Waals surface area contributed by atoms with E-state index < -0.39 is 11.6 Å². The van der Waals surface area contributed by atoms with Crippen LogP contribution in [-0.2, 0) is 11.3 Å². The molecule has 0 atom stereocenters. The molecule has 6 rings (SSSR count). The lowest BCUT2D eigenvalue weighted by Crippen LogP contribution is -2.35. The first-order valence-corrected chi connectivity index (χ1v) is 11.4. The van der Waals surface area contributed by atoms with Crippen molar-refractivity contribution in [3.05, 3.63) is 83.8 Å². The van der Waals surface area contributed by atoms with Crippen molar-refractivity contribution in [2.24, 2.45) is 0 Å². The highest BCUT2D eigenvalue weighted by Crippen LogP contribution is 2.36. The average Bonchev–Trinajstić information content (AvgIpc) is 3.48. The molecule has 1 fully saturated rings. The molecule has 0 amide bonds. The van der Waals surface area contributed by atoms with Crippen molar-refractivity contribution in [3.63, 3.8) is 0 Å². The van der Waals surface area contributed by atoms with Gasteiger partial charge in [0.2, 0.25) is 0 Å². The van der Waals surface area contributed by atoms with Crippen LogP contribution >= 0.6 is 0 Å². The molecule has 1 aliphatic rings. The SMILES string of the molecule is N#Cc1c(-c2ccc(F)cc2F)cc(-c2c[nH]c3ccccc23)n2cc(CN3CCOCC3)nc12. The highest BCUT2D eigenvalue weighted by molar-refractivity contribution is 5.96. The second-order valence-corrected chi connectivity index (χ2v) is 8.62. The van der Waals surface area contributed by atoms with Gasteiger partial charge >= 0.3 is 0 Å². The minimum atomic E-state index is -0.726. The number of imidazole rings is 1. The van der Waals surface area contributed by atoms with Gasteiger partial charge in [0.05, 0.1) is 24.6 Å². The number of nitrogens with zero attached hydrogens (tertiary/aromatic N) is 4. The van der Waals surface area contributed by atoms with Gasteiger partial charge in [0.15, 0.2) is 5.65 Å². The first-order chi connectivity index (χ1) is 17.1. The smallest absolute Gasteiger partial charge is 0.156 e. The zero-order valence-electron chi connectivity index (χ0n) is 18.8. The van der Waals surface area contributed by atoms with E-state index in [1.54, 1.807) is 6.07 Å². The highest BCUT2D eigenvalue weighted by atomic mass is 19.1. The fourth-order valence-electron chi connectivity index (χ4n) is 4.77. The number of rotatable bonds is 4. The predicted octanol–water partition coefficient (Wildman–Crippen LogP) is 5.13. The van der Waals surface area contributed by atoms with Crippen LogP contribution in [0.2, 0.25) is 0 Å². The van der Waals surface area contributed by atoms with Crippen LogP contribution in [0.5, 0.6) is 0 Å². The highest BCUT2D eigenvalue weighted by Gasteiger charge is 2.22. The Kier molecular flexibility index (Phi) is 5.29. The molecule has 1 aliphatic heterocycles. The molecule has 0 saturated carbocycles. The number of para-hydroxylation sites is 1. The number of pyridine rings is 1. The van der Waals surface area contributed by atoms with Gasteiger partial charge in [-0.15, -0.1) is 0 Å². The molecular formula is C27H21F2N5O. The fourth-order valence-corrected chi connectivity index (χ4v) is 4.77. The van der Waals surface area contributed by atoms with E-state index in [9.17, 15) is 14.0 Å². The van der Waals surface area contributed by atoms with Gasteiger partial charge in [0.25, 0.3) is 0 Å². The number of halogens is 2. The molecule has 5 aromatic rings. The molecule has 0 spiro atoms. The Morgan fingerprint density at radius 2 is 1.86 bits per heavy atom.